The summed E-state index contributed by atoms with van der Waals surface area (Å²) < 4.78 is 5.91. The van der Waals surface area contributed by atoms with Crippen LogP contribution >= 0.6 is 0 Å². The molecule has 2 saturated carbocycles. The lowest BCUT2D eigenvalue weighted by Crippen LogP contribution is -2.63. The molecule has 0 bridgehead atoms. The van der Waals surface area contributed by atoms with Gasteiger partial charge < -0.3 is 10.1 Å². The minimum Gasteiger partial charge on any atom is -0.378 e. The molecular formula is C17H33NO. The van der Waals surface area contributed by atoms with Crippen molar-refractivity contribution in [2.75, 3.05) is 6.61 Å². The highest BCUT2D eigenvalue weighted by Gasteiger charge is 2.51. The average molecular weight is 267 g/mol. The van der Waals surface area contributed by atoms with Crippen molar-refractivity contribution in [2.24, 2.45) is 11.3 Å². The summed E-state index contributed by atoms with van der Waals surface area (Å²) in [7, 11) is 0. The summed E-state index contributed by atoms with van der Waals surface area (Å²) in [6.45, 7) is 10.1. The Hall–Kier alpha value is -0.0800. The molecule has 0 radical (unpaired) electrons. The predicted octanol–water partition coefficient (Wildman–Crippen LogP) is 4.14. The van der Waals surface area contributed by atoms with E-state index in [4.69, 9.17) is 4.74 Å². The van der Waals surface area contributed by atoms with Crippen molar-refractivity contribution in [1.82, 2.24) is 5.32 Å². The summed E-state index contributed by atoms with van der Waals surface area (Å²) in [6.07, 6.45) is 9.89. The second-order valence-corrected chi connectivity index (χ2v) is 7.07. The third-order valence-corrected chi connectivity index (χ3v) is 5.81. The topological polar surface area (TPSA) is 21.3 Å². The van der Waals surface area contributed by atoms with E-state index in [2.05, 4.69) is 33.0 Å². The number of hydrogen-bond donors (Lipinski definition) is 1. The SMILES string of the molecule is CCOC1CC(NC2CCCC(C)CC2)C1(C)CC. The Morgan fingerprint density at radius 2 is 1.95 bits per heavy atom. The van der Waals surface area contributed by atoms with E-state index in [1.165, 1.54) is 44.9 Å². The Balaban J connectivity index is 1.85. The van der Waals surface area contributed by atoms with E-state index < -0.39 is 0 Å². The van der Waals surface area contributed by atoms with Crippen LogP contribution in [0.5, 0.6) is 0 Å². The third-order valence-electron chi connectivity index (χ3n) is 5.81. The molecule has 2 rings (SSSR count). The fraction of sp³-hybridized carbons (Fsp3) is 1.00. The molecule has 0 aliphatic heterocycles. The first-order valence-corrected chi connectivity index (χ1v) is 8.47. The molecule has 2 nitrogen and oxygen atoms in total. The molecule has 2 aliphatic carbocycles. The molecule has 2 heteroatoms. The lowest BCUT2D eigenvalue weighted by atomic mass is 9.61. The number of ether oxygens (including phenoxy) is 1. The zero-order valence-electron chi connectivity index (χ0n) is 13.4. The average Bonchev–Trinajstić information content (AvgIpc) is 2.61. The van der Waals surface area contributed by atoms with Crippen LogP contribution in [0.4, 0.5) is 0 Å². The Morgan fingerprint density at radius 1 is 1.16 bits per heavy atom. The molecule has 5 unspecified atom stereocenters. The Labute approximate surface area is 119 Å². The summed E-state index contributed by atoms with van der Waals surface area (Å²) in [6, 6.07) is 1.43. The molecule has 112 valence electrons. The lowest BCUT2D eigenvalue weighted by Gasteiger charge is -2.54. The first-order chi connectivity index (χ1) is 9.10. The van der Waals surface area contributed by atoms with E-state index in [1.807, 2.05) is 0 Å². The van der Waals surface area contributed by atoms with Crippen molar-refractivity contribution in [3.63, 3.8) is 0 Å². The molecule has 0 aromatic heterocycles. The van der Waals surface area contributed by atoms with Gasteiger partial charge in [-0.15, -0.1) is 0 Å². The number of nitrogens with one attached hydrogen (secondary N) is 1. The van der Waals surface area contributed by atoms with Crippen molar-refractivity contribution < 1.29 is 4.74 Å². The molecule has 0 amide bonds. The Kier molecular flexibility index (Phi) is 5.30. The highest BCUT2D eigenvalue weighted by Crippen LogP contribution is 2.46. The van der Waals surface area contributed by atoms with E-state index in [-0.39, 0.29) is 0 Å². The van der Waals surface area contributed by atoms with E-state index in [9.17, 15) is 0 Å². The molecule has 0 spiro atoms. The van der Waals surface area contributed by atoms with Gasteiger partial charge in [-0.2, -0.15) is 0 Å². The van der Waals surface area contributed by atoms with Gasteiger partial charge in [0.2, 0.25) is 0 Å². The van der Waals surface area contributed by atoms with Crippen LogP contribution in [0.15, 0.2) is 0 Å². The van der Waals surface area contributed by atoms with Gasteiger partial charge in [0.25, 0.3) is 0 Å². The molecule has 2 aliphatic rings. The fourth-order valence-corrected chi connectivity index (χ4v) is 3.95. The van der Waals surface area contributed by atoms with Crippen LogP contribution in [0.3, 0.4) is 0 Å². The summed E-state index contributed by atoms with van der Waals surface area (Å²) >= 11 is 0. The van der Waals surface area contributed by atoms with Crippen LogP contribution in [0.1, 0.15) is 72.6 Å². The van der Waals surface area contributed by atoms with Gasteiger partial charge in [-0.25, -0.2) is 0 Å². The highest BCUT2D eigenvalue weighted by atomic mass is 16.5. The maximum absolute atomic E-state index is 5.91. The molecule has 0 saturated heterocycles. The normalized spacial score (nSPS) is 43.6. The van der Waals surface area contributed by atoms with Crippen LogP contribution in [-0.2, 0) is 4.74 Å². The van der Waals surface area contributed by atoms with Gasteiger partial charge >= 0.3 is 0 Å². The van der Waals surface area contributed by atoms with Gasteiger partial charge in [-0.05, 0) is 44.9 Å². The van der Waals surface area contributed by atoms with Crippen molar-refractivity contribution in [1.29, 1.82) is 0 Å². The quantitative estimate of drug-likeness (QED) is 0.756. The summed E-state index contributed by atoms with van der Waals surface area (Å²) in [5, 5.41) is 3.97. The zero-order chi connectivity index (χ0) is 13.9. The monoisotopic (exact) mass is 267 g/mol. The first kappa shape index (κ1) is 15.3. The van der Waals surface area contributed by atoms with Crippen LogP contribution in [-0.4, -0.2) is 24.8 Å². The predicted molar refractivity (Wildman–Crippen MR) is 81.4 cm³/mol. The first-order valence-electron chi connectivity index (χ1n) is 8.47. The fourth-order valence-electron chi connectivity index (χ4n) is 3.95. The van der Waals surface area contributed by atoms with Crippen molar-refractivity contribution in [2.45, 2.75) is 90.8 Å². The second kappa shape index (κ2) is 6.58. The minimum absolute atomic E-state index is 0.355. The maximum atomic E-state index is 5.91. The van der Waals surface area contributed by atoms with Crippen LogP contribution in [0.25, 0.3) is 0 Å². The van der Waals surface area contributed by atoms with Crippen LogP contribution in [0.2, 0.25) is 0 Å². The minimum atomic E-state index is 0.355. The summed E-state index contributed by atoms with van der Waals surface area (Å²) in [4.78, 5) is 0. The molecule has 0 heterocycles. The maximum Gasteiger partial charge on any atom is 0.0658 e. The number of hydrogen-bond acceptors (Lipinski definition) is 2. The molecule has 1 N–H and O–H groups in total. The second-order valence-electron chi connectivity index (χ2n) is 7.07. The summed E-state index contributed by atoms with van der Waals surface area (Å²) in [5.74, 6) is 0.932. The zero-order valence-corrected chi connectivity index (χ0v) is 13.4. The van der Waals surface area contributed by atoms with E-state index in [0.717, 1.165) is 18.6 Å². The molecule has 19 heavy (non-hydrogen) atoms. The molecule has 5 atom stereocenters. The van der Waals surface area contributed by atoms with Gasteiger partial charge in [0.05, 0.1) is 6.10 Å². The van der Waals surface area contributed by atoms with Crippen molar-refractivity contribution in [3.05, 3.63) is 0 Å². The van der Waals surface area contributed by atoms with E-state index in [1.54, 1.807) is 0 Å². The van der Waals surface area contributed by atoms with Gasteiger partial charge in [-0.3, -0.25) is 0 Å². The molecular weight excluding hydrogens is 234 g/mol. The van der Waals surface area contributed by atoms with E-state index >= 15 is 0 Å². The van der Waals surface area contributed by atoms with Gasteiger partial charge in [0.1, 0.15) is 0 Å². The standard InChI is InChI=1S/C17H33NO/c1-5-17(4)15(12-16(17)19-6-2)18-14-9-7-8-13(3)10-11-14/h13-16,18H,5-12H2,1-4H3. The Morgan fingerprint density at radius 3 is 2.63 bits per heavy atom. The number of rotatable bonds is 5. The van der Waals surface area contributed by atoms with Gasteiger partial charge in [-0.1, -0.05) is 33.6 Å². The van der Waals surface area contributed by atoms with Crippen LogP contribution in [0, 0.1) is 11.3 Å². The summed E-state index contributed by atoms with van der Waals surface area (Å²) in [5.41, 5.74) is 0.355. The molecule has 2 fully saturated rings. The molecule has 0 aromatic carbocycles. The Bertz CT molecular complexity index is 280. The van der Waals surface area contributed by atoms with Gasteiger partial charge in [0.15, 0.2) is 0 Å². The van der Waals surface area contributed by atoms with E-state index in [0.29, 0.717) is 17.6 Å². The van der Waals surface area contributed by atoms with Crippen LogP contribution < -0.4 is 5.32 Å². The smallest absolute Gasteiger partial charge is 0.0658 e. The molecule has 0 aromatic rings. The third kappa shape index (κ3) is 3.33. The van der Waals surface area contributed by atoms with Crippen molar-refractivity contribution in [3.8, 4) is 0 Å². The largest absolute Gasteiger partial charge is 0.378 e. The van der Waals surface area contributed by atoms with Gasteiger partial charge in [0, 0.05) is 24.1 Å². The highest BCUT2D eigenvalue weighted by molar-refractivity contribution is 5.05. The van der Waals surface area contributed by atoms with Crippen molar-refractivity contribution >= 4 is 0 Å². The lowest BCUT2D eigenvalue weighted by molar-refractivity contribution is -0.128.